The Labute approximate surface area is 173 Å². The molecule has 2 fully saturated rings. The third-order valence-electron chi connectivity index (χ3n) is 5.52. The number of aromatic nitrogens is 2. The van der Waals surface area contributed by atoms with Crippen LogP contribution in [0.5, 0.6) is 0 Å². The maximum Gasteiger partial charge on any atom is 0.224 e. The second-order valence-electron chi connectivity index (χ2n) is 7.81. The van der Waals surface area contributed by atoms with Gasteiger partial charge in [-0.05, 0) is 25.3 Å². The van der Waals surface area contributed by atoms with E-state index in [1.165, 1.54) is 5.56 Å². The van der Waals surface area contributed by atoms with E-state index < -0.39 is 0 Å². The van der Waals surface area contributed by atoms with Gasteiger partial charge in [0, 0.05) is 57.6 Å². The van der Waals surface area contributed by atoms with E-state index in [9.17, 15) is 0 Å². The Hall–Kier alpha value is -2.44. The number of hydrogen-bond acceptors (Lipinski definition) is 6. The van der Waals surface area contributed by atoms with Gasteiger partial charge in [0.1, 0.15) is 5.82 Å². The number of nitrogens with one attached hydrogen (secondary N) is 1. The number of rotatable bonds is 7. The van der Waals surface area contributed by atoms with Crippen molar-refractivity contribution in [3.8, 4) is 0 Å². The van der Waals surface area contributed by atoms with E-state index in [2.05, 4.69) is 68.7 Å². The minimum absolute atomic E-state index is 0.287. The fourth-order valence-corrected chi connectivity index (χ4v) is 3.86. The third kappa shape index (κ3) is 5.78. The van der Waals surface area contributed by atoms with Crippen molar-refractivity contribution in [1.82, 2.24) is 14.9 Å². The van der Waals surface area contributed by atoms with Crippen LogP contribution in [0.2, 0.25) is 0 Å². The molecule has 1 aromatic heterocycles. The van der Waals surface area contributed by atoms with Gasteiger partial charge in [0.2, 0.25) is 5.95 Å². The van der Waals surface area contributed by atoms with Gasteiger partial charge in [0.25, 0.3) is 0 Å². The maximum absolute atomic E-state index is 5.68. The highest BCUT2D eigenvalue weighted by Gasteiger charge is 2.19. The zero-order valence-electron chi connectivity index (χ0n) is 17.3. The second-order valence-corrected chi connectivity index (χ2v) is 7.81. The van der Waals surface area contributed by atoms with E-state index >= 15 is 0 Å². The zero-order valence-corrected chi connectivity index (χ0v) is 17.3. The summed E-state index contributed by atoms with van der Waals surface area (Å²) in [7, 11) is 0. The largest absolute Gasteiger partial charge is 0.376 e. The van der Waals surface area contributed by atoms with E-state index in [0.717, 1.165) is 70.2 Å². The Kier molecular flexibility index (Phi) is 6.75. The lowest BCUT2D eigenvalue weighted by Gasteiger charge is -2.35. The van der Waals surface area contributed by atoms with Crippen LogP contribution in [0.25, 0.3) is 6.08 Å². The predicted molar refractivity (Wildman–Crippen MR) is 118 cm³/mol. The number of piperazine rings is 1. The van der Waals surface area contributed by atoms with Crippen molar-refractivity contribution >= 4 is 17.8 Å². The molecule has 0 bridgehead atoms. The lowest BCUT2D eigenvalue weighted by Crippen LogP contribution is -2.46. The lowest BCUT2D eigenvalue weighted by atomic mass is 10.2. The van der Waals surface area contributed by atoms with Crippen LogP contribution in [0.1, 0.15) is 24.1 Å². The maximum atomic E-state index is 5.68. The summed E-state index contributed by atoms with van der Waals surface area (Å²) >= 11 is 0. The van der Waals surface area contributed by atoms with Crippen molar-refractivity contribution in [1.29, 1.82) is 0 Å². The molecule has 0 saturated carbocycles. The first kappa shape index (κ1) is 19.9. The Morgan fingerprint density at radius 1 is 1.14 bits per heavy atom. The molecule has 2 saturated heterocycles. The van der Waals surface area contributed by atoms with E-state index in [-0.39, 0.29) is 6.10 Å². The standard InChI is InChI=1S/C23H31N5O/c1-19-17-22(26-23(25-19)24-18-21-10-6-16-29-21)28-14-12-27(13-15-28)11-5-9-20-7-3-2-4-8-20/h2-5,7-9,17,21H,6,10-16,18H2,1H3,(H,24,25,26)/b9-5+. The Morgan fingerprint density at radius 2 is 1.97 bits per heavy atom. The highest BCUT2D eigenvalue weighted by atomic mass is 16.5. The molecule has 0 amide bonds. The number of benzene rings is 1. The normalized spacial score (nSPS) is 20.4. The molecule has 0 spiro atoms. The SMILES string of the molecule is Cc1cc(N2CCN(C/C=C/c3ccccc3)CC2)nc(NCC2CCCO2)n1. The second kappa shape index (κ2) is 9.85. The topological polar surface area (TPSA) is 53.5 Å². The van der Waals surface area contributed by atoms with Gasteiger partial charge in [-0.3, -0.25) is 4.90 Å². The molecule has 0 radical (unpaired) electrons. The van der Waals surface area contributed by atoms with Crippen LogP contribution in [0.4, 0.5) is 11.8 Å². The third-order valence-corrected chi connectivity index (χ3v) is 5.52. The zero-order chi connectivity index (χ0) is 19.9. The minimum Gasteiger partial charge on any atom is -0.376 e. The fourth-order valence-electron chi connectivity index (χ4n) is 3.86. The first-order valence-corrected chi connectivity index (χ1v) is 10.7. The molecule has 2 aliphatic rings. The molecule has 2 aliphatic heterocycles. The Balaban J connectivity index is 1.28. The van der Waals surface area contributed by atoms with Crippen LogP contribution in [0, 0.1) is 6.92 Å². The number of nitrogens with zero attached hydrogens (tertiary/aromatic N) is 4. The van der Waals surface area contributed by atoms with Crippen LogP contribution in [0.3, 0.4) is 0 Å². The summed E-state index contributed by atoms with van der Waals surface area (Å²) in [4.78, 5) is 14.2. The molecular formula is C23H31N5O. The lowest BCUT2D eigenvalue weighted by molar-refractivity contribution is 0.120. The quantitative estimate of drug-likeness (QED) is 0.780. The van der Waals surface area contributed by atoms with Crippen LogP contribution >= 0.6 is 0 Å². The van der Waals surface area contributed by atoms with Crippen molar-refractivity contribution in [2.75, 3.05) is 56.1 Å². The van der Waals surface area contributed by atoms with Crippen LogP contribution in [-0.4, -0.2) is 66.8 Å². The van der Waals surface area contributed by atoms with Gasteiger partial charge < -0.3 is 15.0 Å². The van der Waals surface area contributed by atoms with Crippen molar-refractivity contribution in [2.45, 2.75) is 25.9 Å². The molecule has 2 aromatic rings. The molecule has 154 valence electrons. The highest BCUT2D eigenvalue weighted by Crippen LogP contribution is 2.18. The monoisotopic (exact) mass is 393 g/mol. The van der Waals surface area contributed by atoms with E-state index in [1.54, 1.807) is 0 Å². The molecule has 6 nitrogen and oxygen atoms in total. The van der Waals surface area contributed by atoms with Crippen molar-refractivity contribution in [3.05, 3.63) is 53.7 Å². The number of aryl methyl sites for hydroxylation is 1. The summed E-state index contributed by atoms with van der Waals surface area (Å²) in [6, 6.07) is 12.6. The number of hydrogen-bond donors (Lipinski definition) is 1. The number of ether oxygens (including phenoxy) is 1. The summed E-state index contributed by atoms with van der Waals surface area (Å²) < 4.78 is 5.68. The van der Waals surface area contributed by atoms with Gasteiger partial charge in [-0.1, -0.05) is 42.5 Å². The van der Waals surface area contributed by atoms with Crippen LogP contribution < -0.4 is 10.2 Å². The Bertz CT molecular complexity index is 796. The minimum atomic E-state index is 0.287. The Morgan fingerprint density at radius 3 is 2.72 bits per heavy atom. The smallest absolute Gasteiger partial charge is 0.224 e. The summed E-state index contributed by atoms with van der Waals surface area (Å²) in [6.07, 6.45) is 7.01. The van der Waals surface area contributed by atoms with Gasteiger partial charge in [-0.15, -0.1) is 0 Å². The van der Waals surface area contributed by atoms with Crippen LogP contribution in [0.15, 0.2) is 42.5 Å². The molecule has 1 atom stereocenters. The molecule has 29 heavy (non-hydrogen) atoms. The molecule has 4 rings (SSSR count). The fraction of sp³-hybridized carbons (Fsp3) is 0.478. The first-order chi connectivity index (χ1) is 14.3. The summed E-state index contributed by atoms with van der Waals surface area (Å²) in [5.74, 6) is 1.73. The van der Waals surface area contributed by atoms with Gasteiger partial charge in [-0.2, -0.15) is 4.98 Å². The van der Waals surface area contributed by atoms with Crippen molar-refractivity contribution < 1.29 is 4.74 Å². The van der Waals surface area contributed by atoms with Gasteiger partial charge in [0.15, 0.2) is 0 Å². The number of anilines is 2. The predicted octanol–water partition coefficient (Wildman–Crippen LogP) is 3.21. The molecule has 0 aliphatic carbocycles. The van der Waals surface area contributed by atoms with E-state index in [4.69, 9.17) is 9.72 Å². The van der Waals surface area contributed by atoms with E-state index in [0.29, 0.717) is 5.95 Å². The van der Waals surface area contributed by atoms with Gasteiger partial charge in [0.05, 0.1) is 6.10 Å². The molecule has 6 heteroatoms. The highest BCUT2D eigenvalue weighted by molar-refractivity contribution is 5.49. The summed E-state index contributed by atoms with van der Waals surface area (Å²) in [5.41, 5.74) is 2.25. The van der Waals surface area contributed by atoms with Crippen molar-refractivity contribution in [2.24, 2.45) is 0 Å². The van der Waals surface area contributed by atoms with Gasteiger partial charge >= 0.3 is 0 Å². The summed E-state index contributed by atoms with van der Waals surface area (Å²) in [6.45, 7) is 8.73. The van der Waals surface area contributed by atoms with Gasteiger partial charge in [-0.25, -0.2) is 4.98 Å². The molecular weight excluding hydrogens is 362 g/mol. The average molecular weight is 394 g/mol. The van der Waals surface area contributed by atoms with E-state index in [1.807, 2.05) is 6.92 Å². The van der Waals surface area contributed by atoms with Crippen molar-refractivity contribution in [3.63, 3.8) is 0 Å². The first-order valence-electron chi connectivity index (χ1n) is 10.7. The summed E-state index contributed by atoms with van der Waals surface area (Å²) in [5, 5.41) is 3.37. The van der Waals surface area contributed by atoms with Crippen LogP contribution in [-0.2, 0) is 4.74 Å². The molecule has 1 N–H and O–H groups in total. The average Bonchev–Trinajstić information content (AvgIpc) is 3.27. The molecule has 3 heterocycles. The molecule has 1 aromatic carbocycles. The molecule has 1 unspecified atom stereocenters.